The van der Waals surface area contributed by atoms with Gasteiger partial charge < -0.3 is 18.8 Å². The van der Waals surface area contributed by atoms with Gasteiger partial charge in [-0.25, -0.2) is 0 Å². The topological polar surface area (TPSA) is 96.5 Å². The molecule has 0 amide bonds. The monoisotopic (exact) mass is 445 g/mol. The molecule has 0 saturated carbocycles. The summed E-state index contributed by atoms with van der Waals surface area (Å²) in [5.74, 6) is 1.38. The number of aromatic amines is 2. The van der Waals surface area contributed by atoms with E-state index < -0.39 is 0 Å². The fourth-order valence-electron chi connectivity index (χ4n) is 4.18. The van der Waals surface area contributed by atoms with E-state index in [2.05, 4.69) is 38.3 Å². The van der Waals surface area contributed by atoms with Crippen molar-refractivity contribution in [3.63, 3.8) is 0 Å². The van der Waals surface area contributed by atoms with Crippen molar-refractivity contribution in [2.45, 2.75) is 0 Å². The predicted octanol–water partition coefficient (Wildman–Crippen LogP) is 6.77. The van der Waals surface area contributed by atoms with E-state index in [-0.39, 0.29) is 0 Å². The van der Waals surface area contributed by atoms with Crippen molar-refractivity contribution >= 4 is 12.2 Å². The van der Waals surface area contributed by atoms with Crippen LogP contribution in [0.4, 0.5) is 0 Å². The minimum Gasteiger partial charge on any atom is -0.462 e. The third-order valence-corrected chi connectivity index (χ3v) is 5.84. The van der Waals surface area contributed by atoms with Crippen molar-refractivity contribution in [2.75, 3.05) is 0 Å². The van der Waals surface area contributed by atoms with E-state index in [4.69, 9.17) is 8.83 Å². The summed E-state index contributed by atoms with van der Waals surface area (Å²) in [5, 5.41) is 8.81. The minimum atomic E-state index is 0.681. The summed E-state index contributed by atoms with van der Waals surface area (Å²) >= 11 is 0. The highest BCUT2D eigenvalue weighted by atomic mass is 16.3. The van der Waals surface area contributed by atoms with Crippen LogP contribution in [-0.2, 0) is 0 Å². The van der Waals surface area contributed by atoms with Crippen molar-refractivity contribution in [3.8, 4) is 56.7 Å². The van der Waals surface area contributed by atoms with Crippen LogP contribution in [0.15, 0.2) is 89.5 Å². The zero-order chi connectivity index (χ0) is 23.1. The summed E-state index contributed by atoms with van der Waals surface area (Å²) in [6.07, 6.45) is 12.3. The summed E-state index contributed by atoms with van der Waals surface area (Å²) in [5.41, 5.74) is 8.33. The second-order valence-corrected chi connectivity index (χ2v) is 7.68. The fourth-order valence-corrected chi connectivity index (χ4v) is 4.18. The lowest BCUT2D eigenvalue weighted by atomic mass is 10.0. The van der Waals surface area contributed by atoms with Gasteiger partial charge in [0.25, 0.3) is 0 Å². The van der Waals surface area contributed by atoms with Gasteiger partial charge in [0.2, 0.25) is 0 Å². The third-order valence-electron chi connectivity index (χ3n) is 5.84. The molecule has 0 saturated heterocycles. The van der Waals surface area contributed by atoms with Gasteiger partial charge in [0.15, 0.2) is 11.5 Å². The molecule has 164 valence electrons. The first-order valence-corrected chi connectivity index (χ1v) is 10.7. The van der Waals surface area contributed by atoms with Gasteiger partial charge in [-0.15, -0.1) is 10.2 Å². The van der Waals surface area contributed by atoms with Crippen LogP contribution in [0.3, 0.4) is 0 Å². The number of fused-ring (bicyclic) bond motifs is 1. The van der Waals surface area contributed by atoms with Gasteiger partial charge in [-0.1, -0.05) is 25.3 Å². The Kier molecular flexibility index (Phi) is 4.59. The first kappa shape index (κ1) is 19.8. The van der Waals surface area contributed by atoms with E-state index in [1.54, 1.807) is 30.9 Å². The Morgan fingerprint density at radius 1 is 0.676 bits per heavy atom. The second kappa shape index (κ2) is 7.90. The molecule has 7 nitrogen and oxygen atoms in total. The van der Waals surface area contributed by atoms with E-state index in [9.17, 15) is 0 Å². The number of hydrogen-bond acceptors (Lipinski definition) is 5. The smallest absolute Gasteiger partial charge is 0.160 e. The zero-order valence-electron chi connectivity index (χ0n) is 18.1. The molecule has 6 heterocycles. The van der Waals surface area contributed by atoms with E-state index in [1.807, 2.05) is 48.8 Å². The zero-order valence-corrected chi connectivity index (χ0v) is 18.1. The molecule has 0 bridgehead atoms. The van der Waals surface area contributed by atoms with Gasteiger partial charge in [-0.3, -0.25) is 4.98 Å². The van der Waals surface area contributed by atoms with Crippen LogP contribution in [-0.4, -0.2) is 25.1 Å². The molecule has 0 spiro atoms. The lowest BCUT2D eigenvalue weighted by Gasteiger charge is -2.01. The maximum absolute atomic E-state index is 5.82. The molecule has 0 atom stereocenters. The number of nitrogens with one attached hydrogen (secondary N) is 2. The van der Waals surface area contributed by atoms with Gasteiger partial charge in [0.1, 0.15) is 11.4 Å². The normalized spacial score (nSPS) is 11.2. The Morgan fingerprint density at radius 2 is 1.32 bits per heavy atom. The fraction of sp³-hybridized carbons (Fsp3) is 0. The quantitative estimate of drug-likeness (QED) is 0.295. The average Bonchev–Trinajstić information content (AvgIpc) is 3.67. The SMILES string of the molecule is C=Cc1cc[nH]c1-c1occc1-c1ccc2c(-c3ccoc3-c3[nH]ccc3C=C)nnc-2cn1. The molecule has 4 aromatic heterocycles. The van der Waals surface area contributed by atoms with E-state index in [0.29, 0.717) is 17.2 Å². The van der Waals surface area contributed by atoms with Crippen LogP contribution in [0.25, 0.3) is 68.8 Å². The number of rotatable bonds is 6. The van der Waals surface area contributed by atoms with Crippen LogP contribution < -0.4 is 0 Å². The highest BCUT2D eigenvalue weighted by Crippen LogP contribution is 2.39. The third kappa shape index (κ3) is 3.02. The number of hydrogen-bond donors (Lipinski definition) is 2. The highest BCUT2D eigenvalue weighted by Gasteiger charge is 2.22. The van der Waals surface area contributed by atoms with Crippen molar-refractivity contribution in [1.82, 2.24) is 25.1 Å². The van der Waals surface area contributed by atoms with Crippen LogP contribution in [0.2, 0.25) is 0 Å². The van der Waals surface area contributed by atoms with E-state index in [0.717, 1.165) is 50.6 Å². The van der Waals surface area contributed by atoms with Gasteiger partial charge in [0.05, 0.1) is 41.4 Å². The molecule has 7 heteroatoms. The molecule has 0 fully saturated rings. The Morgan fingerprint density at radius 3 is 2.00 bits per heavy atom. The molecule has 0 unspecified atom stereocenters. The Hall–Kier alpha value is -4.91. The summed E-state index contributed by atoms with van der Waals surface area (Å²) in [6.45, 7) is 7.76. The lowest BCUT2D eigenvalue weighted by molar-refractivity contribution is 0.580. The second-order valence-electron chi connectivity index (χ2n) is 7.68. The summed E-state index contributed by atoms with van der Waals surface area (Å²) in [7, 11) is 0. The molecular formula is C27H19N5O2. The van der Waals surface area contributed by atoms with Gasteiger partial charge >= 0.3 is 0 Å². The standard InChI is InChI=1S/C27H19N5O2/c1-3-16-7-11-28-23(16)26-19(9-13-33-26)21-6-5-18-22(15-30-21)31-32-25(18)20-10-14-34-27(20)24-17(4-2)8-12-29-24/h3-15,28-29H,1-2H2. The van der Waals surface area contributed by atoms with E-state index in [1.165, 1.54) is 0 Å². The summed E-state index contributed by atoms with van der Waals surface area (Å²) in [6, 6.07) is 11.6. The molecule has 34 heavy (non-hydrogen) atoms. The minimum absolute atomic E-state index is 0.681. The largest absolute Gasteiger partial charge is 0.462 e. The van der Waals surface area contributed by atoms with Gasteiger partial charge in [-0.05, 0) is 36.4 Å². The first-order chi connectivity index (χ1) is 16.8. The van der Waals surface area contributed by atoms with Crippen molar-refractivity contribution in [3.05, 3.63) is 91.8 Å². The van der Waals surface area contributed by atoms with Crippen LogP contribution >= 0.6 is 0 Å². The van der Waals surface area contributed by atoms with Gasteiger partial charge in [0, 0.05) is 34.6 Å². The molecule has 0 aliphatic carbocycles. The van der Waals surface area contributed by atoms with E-state index >= 15 is 0 Å². The molecular weight excluding hydrogens is 426 g/mol. The van der Waals surface area contributed by atoms with Crippen LogP contribution in [0.1, 0.15) is 11.1 Å². The number of H-pyrrole nitrogens is 2. The molecule has 2 N–H and O–H groups in total. The number of nitrogens with zero attached hydrogens (tertiary/aromatic N) is 3. The van der Waals surface area contributed by atoms with Crippen molar-refractivity contribution in [2.24, 2.45) is 0 Å². The Bertz CT molecular complexity index is 1610. The van der Waals surface area contributed by atoms with Crippen molar-refractivity contribution < 1.29 is 8.83 Å². The van der Waals surface area contributed by atoms with Crippen LogP contribution in [0, 0.1) is 0 Å². The Balaban J connectivity index is 1.46. The molecule has 0 aromatic carbocycles. The molecule has 0 radical (unpaired) electrons. The van der Waals surface area contributed by atoms with Crippen LogP contribution in [0.5, 0.6) is 0 Å². The molecule has 6 rings (SSSR count). The summed E-state index contributed by atoms with van der Waals surface area (Å²) in [4.78, 5) is 11.1. The van der Waals surface area contributed by atoms with Gasteiger partial charge in [-0.2, -0.15) is 0 Å². The predicted molar refractivity (Wildman–Crippen MR) is 132 cm³/mol. The molecule has 2 aliphatic rings. The maximum Gasteiger partial charge on any atom is 0.160 e. The summed E-state index contributed by atoms with van der Waals surface area (Å²) < 4.78 is 11.6. The Labute approximate surface area is 194 Å². The molecule has 2 aliphatic heterocycles. The van der Waals surface area contributed by atoms with Crippen molar-refractivity contribution in [1.29, 1.82) is 0 Å². The number of aromatic nitrogens is 5. The maximum atomic E-state index is 5.82. The lowest BCUT2D eigenvalue weighted by Crippen LogP contribution is -1.84. The number of furan rings is 2. The first-order valence-electron chi connectivity index (χ1n) is 10.7. The molecule has 4 aromatic rings. The highest BCUT2D eigenvalue weighted by molar-refractivity contribution is 5.89. The average molecular weight is 445 g/mol.